The lowest BCUT2D eigenvalue weighted by atomic mass is 9.87. The number of carbonyl (C=O) groups is 1. The minimum Gasteiger partial charge on any atom is -0.477 e. The van der Waals surface area contributed by atoms with E-state index in [0.717, 1.165) is 19.3 Å². The maximum absolute atomic E-state index is 11.2. The summed E-state index contributed by atoms with van der Waals surface area (Å²) in [5, 5.41) is 16.4. The van der Waals surface area contributed by atoms with Gasteiger partial charge in [0.15, 0.2) is 0 Å². The minimum absolute atomic E-state index is 0.0338. The first-order chi connectivity index (χ1) is 9.15. The lowest BCUT2D eigenvalue weighted by Crippen LogP contribution is -2.28. The molecular formula is C13H16N4O2. The summed E-state index contributed by atoms with van der Waals surface area (Å²) in [4.78, 5) is 15.4. The molecule has 0 saturated heterocycles. The second kappa shape index (κ2) is 4.53. The zero-order valence-corrected chi connectivity index (χ0v) is 10.7. The van der Waals surface area contributed by atoms with Crippen molar-refractivity contribution in [3.8, 4) is 0 Å². The Morgan fingerprint density at radius 3 is 3.05 bits per heavy atom. The number of carboxylic acids is 1. The molecule has 2 atom stereocenters. The highest BCUT2D eigenvalue weighted by Gasteiger charge is 2.30. The van der Waals surface area contributed by atoms with Gasteiger partial charge in [0.05, 0.1) is 6.04 Å². The second-order valence-corrected chi connectivity index (χ2v) is 4.97. The molecular weight excluding hydrogens is 244 g/mol. The average molecular weight is 260 g/mol. The van der Waals surface area contributed by atoms with Gasteiger partial charge in [-0.1, -0.05) is 12.2 Å². The standard InChI is InChI=1S/C13H16N4O2/c1-8-14-13-15-10(12(18)19)7-11(17(13)16-8)9-5-3-2-4-6-9/h2-3,7,9,11H,4-6H2,1H3,(H,18,19)(H,14,15,16)/t9-,11+/m0/s1. The number of carboxylic acid groups (broad SMARTS) is 1. The molecule has 1 aromatic rings. The SMILES string of the molecule is Cc1nc2n(n1)[C@@H]([C@H]1CC=CCC1)C=C(C(=O)O)N2. The smallest absolute Gasteiger partial charge is 0.352 e. The van der Waals surface area contributed by atoms with Crippen molar-refractivity contribution < 1.29 is 9.90 Å². The number of hydrogen-bond acceptors (Lipinski definition) is 4. The molecule has 0 bridgehead atoms. The number of aryl methyl sites for hydroxylation is 1. The second-order valence-electron chi connectivity index (χ2n) is 4.97. The van der Waals surface area contributed by atoms with Crippen LogP contribution in [-0.2, 0) is 4.79 Å². The molecule has 0 fully saturated rings. The summed E-state index contributed by atoms with van der Waals surface area (Å²) in [6.45, 7) is 1.81. The summed E-state index contributed by atoms with van der Waals surface area (Å²) < 4.78 is 1.81. The van der Waals surface area contributed by atoms with E-state index < -0.39 is 5.97 Å². The van der Waals surface area contributed by atoms with Gasteiger partial charge in [-0.3, -0.25) is 0 Å². The third kappa shape index (κ3) is 2.14. The van der Waals surface area contributed by atoms with Crippen molar-refractivity contribution in [2.45, 2.75) is 32.2 Å². The first kappa shape index (κ1) is 12.0. The van der Waals surface area contributed by atoms with Gasteiger partial charge in [0, 0.05) is 0 Å². The molecule has 100 valence electrons. The summed E-state index contributed by atoms with van der Waals surface area (Å²) in [7, 11) is 0. The number of aromatic nitrogens is 3. The van der Waals surface area contributed by atoms with Crippen LogP contribution in [0.2, 0.25) is 0 Å². The zero-order chi connectivity index (χ0) is 13.4. The van der Waals surface area contributed by atoms with E-state index in [9.17, 15) is 9.90 Å². The van der Waals surface area contributed by atoms with Gasteiger partial charge in [-0.15, -0.1) is 0 Å². The van der Waals surface area contributed by atoms with Crippen molar-refractivity contribution in [1.29, 1.82) is 0 Å². The number of rotatable bonds is 2. The fraction of sp³-hybridized carbons (Fsp3) is 0.462. The number of aliphatic carboxylic acids is 1. The van der Waals surface area contributed by atoms with Crippen LogP contribution in [0.1, 0.15) is 31.1 Å². The van der Waals surface area contributed by atoms with E-state index in [1.54, 1.807) is 6.08 Å². The topological polar surface area (TPSA) is 80.0 Å². The van der Waals surface area contributed by atoms with Crippen LogP contribution in [0.5, 0.6) is 0 Å². The Balaban J connectivity index is 1.99. The summed E-state index contributed by atoms with van der Waals surface area (Å²) in [5.74, 6) is 0.598. The fourth-order valence-electron chi connectivity index (χ4n) is 2.71. The van der Waals surface area contributed by atoms with Crippen LogP contribution in [0.3, 0.4) is 0 Å². The normalized spacial score (nSPS) is 25.4. The molecule has 0 amide bonds. The molecule has 0 radical (unpaired) electrons. The van der Waals surface area contributed by atoms with Crippen molar-refractivity contribution in [2.75, 3.05) is 5.32 Å². The number of allylic oxidation sites excluding steroid dienone is 3. The highest BCUT2D eigenvalue weighted by atomic mass is 16.4. The molecule has 1 aliphatic heterocycles. The van der Waals surface area contributed by atoms with Gasteiger partial charge in [-0.25, -0.2) is 9.48 Å². The van der Waals surface area contributed by atoms with E-state index in [2.05, 4.69) is 27.6 Å². The Hall–Kier alpha value is -2.11. The predicted molar refractivity (Wildman–Crippen MR) is 69.6 cm³/mol. The molecule has 19 heavy (non-hydrogen) atoms. The van der Waals surface area contributed by atoms with E-state index >= 15 is 0 Å². The highest BCUT2D eigenvalue weighted by molar-refractivity contribution is 5.90. The summed E-state index contributed by atoms with van der Waals surface area (Å²) >= 11 is 0. The maximum Gasteiger partial charge on any atom is 0.352 e. The number of nitrogens with one attached hydrogen (secondary N) is 1. The molecule has 6 nitrogen and oxygen atoms in total. The first-order valence-corrected chi connectivity index (χ1v) is 6.45. The Bertz CT molecular complexity index is 573. The molecule has 1 aromatic heterocycles. The van der Waals surface area contributed by atoms with Crippen molar-refractivity contribution in [3.05, 3.63) is 29.7 Å². The van der Waals surface area contributed by atoms with Gasteiger partial charge in [-0.2, -0.15) is 10.1 Å². The lowest BCUT2D eigenvalue weighted by molar-refractivity contribution is -0.132. The van der Waals surface area contributed by atoms with Crippen molar-refractivity contribution >= 4 is 11.9 Å². The van der Waals surface area contributed by atoms with Gasteiger partial charge in [0.1, 0.15) is 11.5 Å². The third-order valence-electron chi connectivity index (χ3n) is 3.63. The molecule has 2 aliphatic rings. The number of fused-ring (bicyclic) bond motifs is 1. The monoisotopic (exact) mass is 260 g/mol. The Morgan fingerprint density at radius 1 is 1.53 bits per heavy atom. The van der Waals surface area contributed by atoms with Crippen LogP contribution in [0.4, 0.5) is 5.95 Å². The molecule has 0 aromatic carbocycles. The molecule has 2 heterocycles. The third-order valence-corrected chi connectivity index (χ3v) is 3.63. The van der Waals surface area contributed by atoms with Crippen LogP contribution in [0, 0.1) is 12.8 Å². The average Bonchev–Trinajstić information content (AvgIpc) is 2.78. The lowest BCUT2D eigenvalue weighted by Gasteiger charge is -2.29. The van der Waals surface area contributed by atoms with Crippen molar-refractivity contribution in [2.24, 2.45) is 5.92 Å². The molecule has 0 spiro atoms. The van der Waals surface area contributed by atoms with E-state index in [4.69, 9.17) is 0 Å². The molecule has 0 unspecified atom stereocenters. The molecule has 3 rings (SSSR count). The van der Waals surface area contributed by atoms with E-state index in [1.165, 1.54) is 0 Å². The maximum atomic E-state index is 11.2. The van der Waals surface area contributed by atoms with E-state index in [-0.39, 0.29) is 11.7 Å². The predicted octanol–water partition coefficient (Wildman–Crippen LogP) is 1.88. The largest absolute Gasteiger partial charge is 0.477 e. The summed E-state index contributed by atoms with van der Waals surface area (Å²) in [6.07, 6.45) is 9.12. The summed E-state index contributed by atoms with van der Waals surface area (Å²) in [5.41, 5.74) is 0.194. The van der Waals surface area contributed by atoms with Crippen LogP contribution < -0.4 is 5.32 Å². The fourth-order valence-corrected chi connectivity index (χ4v) is 2.71. The highest BCUT2D eigenvalue weighted by Crippen LogP contribution is 2.35. The molecule has 1 aliphatic carbocycles. The first-order valence-electron chi connectivity index (χ1n) is 6.45. The molecule has 0 saturated carbocycles. The van der Waals surface area contributed by atoms with Crippen molar-refractivity contribution in [3.63, 3.8) is 0 Å². The number of anilines is 1. The van der Waals surface area contributed by atoms with Crippen LogP contribution in [0.15, 0.2) is 23.9 Å². The van der Waals surface area contributed by atoms with Gasteiger partial charge < -0.3 is 10.4 Å². The minimum atomic E-state index is -0.955. The number of hydrogen-bond donors (Lipinski definition) is 2. The Kier molecular flexibility index (Phi) is 2.85. The zero-order valence-electron chi connectivity index (χ0n) is 10.7. The molecule has 2 N–H and O–H groups in total. The van der Waals surface area contributed by atoms with Gasteiger partial charge >= 0.3 is 5.97 Å². The van der Waals surface area contributed by atoms with E-state index in [1.807, 2.05) is 11.6 Å². The Labute approximate surface area is 110 Å². The quantitative estimate of drug-likeness (QED) is 0.793. The number of nitrogens with zero attached hydrogens (tertiary/aromatic N) is 3. The molecule has 6 heteroatoms. The van der Waals surface area contributed by atoms with Gasteiger partial charge in [0.25, 0.3) is 0 Å². The Morgan fingerprint density at radius 2 is 2.37 bits per heavy atom. The summed E-state index contributed by atoms with van der Waals surface area (Å²) in [6, 6.07) is -0.0338. The van der Waals surface area contributed by atoms with Crippen LogP contribution in [0.25, 0.3) is 0 Å². The van der Waals surface area contributed by atoms with Crippen LogP contribution in [-0.4, -0.2) is 25.8 Å². The van der Waals surface area contributed by atoms with Crippen molar-refractivity contribution in [1.82, 2.24) is 14.8 Å². The van der Waals surface area contributed by atoms with Gasteiger partial charge in [-0.05, 0) is 38.2 Å². The van der Waals surface area contributed by atoms with Crippen LogP contribution >= 0.6 is 0 Å². The van der Waals surface area contributed by atoms with E-state index in [0.29, 0.717) is 17.7 Å². The van der Waals surface area contributed by atoms with Gasteiger partial charge in [0.2, 0.25) is 5.95 Å².